The largest absolute Gasteiger partial charge is 0.453 e. The molecule has 1 saturated heterocycles. The van der Waals surface area contributed by atoms with Crippen LogP contribution >= 0.6 is 0 Å². The maximum absolute atomic E-state index is 11.1. The number of carbonyl (C=O) groups excluding carboxylic acids is 1. The second-order valence-corrected chi connectivity index (χ2v) is 4.20. The fraction of sp³-hybridized carbons (Fsp3) is 0.455. The number of nitrogens with zero attached hydrogens (tertiary/aromatic N) is 3. The first-order chi connectivity index (χ1) is 9.10. The number of hydrogen-bond donors (Lipinski definition) is 1. The van der Waals surface area contributed by atoms with E-state index in [0.717, 1.165) is 13.0 Å². The summed E-state index contributed by atoms with van der Waals surface area (Å²) >= 11 is 0. The molecule has 8 nitrogen and oxygen atoms in total. The van der Waals surface area contributed by atoms with Gasteiger partial charge in [0.05, 0.1) is 18.1 Å². The third kappa shape index (κ3) is 3.09. The Kier molecular flexibility index (Phi) is 3.79. The monoisotopic (exact) mass is 266 g/mol. The van der Waals surface area contributed by atoms with E-state index in [-0.39, 0.29) is 11.7 Å². The Balaban J connectivity index is 1.96. The van der Waals surface area contributed by atoms with Crippen LogP contribution in [0.5, 0.6) is 0 Å². The van der Waals surface area contributed by atoms with Crippen LogP contribution in [-0.2, 0) is 4.74 Å². The Labute approximate surface area is 109 Å². The van der Waals surface area contributed by atoms with Crippen molar-refractivity contribution in [1.29, 1.82) is 0 Å². The average molecular weight is 266 g/mol. The molecule has 0 bridgehead atoms. The van der Waals surface area contributed by atoms with Gasteiger partial charge in [0.2, 0.25) is 0 Å². The van der Waals surface area contributed by atoms with E-state index in [0.29, 0.717) is 12.4 Å². The van der Waals surface area contributed by atoms with Crippen molar-refractivity contribution >= 4 is 17.6 Å². The molecule has 1 fully saturated rings. The standard InChI is InChI=1S/C11H14N4O4/c1-19-11(16)13-8-4-5-14(7-8)10-3-2-9(6-12-10)15(17)18/h2-3,6,8H,4-5,7H2,1H3,(H,13,16). The Morgan fingerprint density at radius 3 is 3.00 bits per heavy atom. The van der Waals surface area contributed by atoms with Gasteiger partial charge in [0.1, 0.15) is 12.0 Å². The zero-order valence-corrected chi connectivity index (χ0v) is 10.4. The fourth-order valence-corrected chi connectivity index (χ4v) is 1.99. The third-order valence-corrected chi connectivity index (χ3v) is 2.96. The summed E-state index contributed by atoms with van der Waals surface area (Å²) in [4.78, 5) is 27.2. The molecular weight excluding hydrogens is 252 g/mol. The summed E-state index contributed by atoms with van der Waals surface area (Å²) in [5.41, 5.74) is -0.0350. The predicted octanol–water partition coefficient (Wildman–Crippen LogP) is 0.924. The van der Waals surface area contributed by atoms with Gasteiger partial charge >= 0.3 is 6.09 Å². The number of amides is 1. The summed E-state index contributed by atoms with van der Waals surface area (Å²) < 4.78 is 4.54. The lowest BCUT2D eigenvalue weighted by atomic mass is 10.3. The van der Waals surface area contributed by atoms with E-state index in [1.807, 2.05) is 4.90 Å². The number of aromatic nitrogens is 1. The van der Waals surface area contributed by atoms with Crippen LogP contribution < -0.4 is 10.2 Å². The molecular formula is C11H14N4O4. The van der Waals surface area contributed by atoms with E-state index >= 15 is 0 Å². The first-order valence-corrected chi connectivity index (χ1v) is 5.80. The van der Waals surface area contributed by atoms with Crippen LogP contribution in [-0.4, -0.2) is 42.2 Å². The van der Waals surface area contributed by atoms with Crippen molar-refractivity contribution < 1.29 is 14.5 Å². The van der Waals surface area contributed by atoms with Gasteiger partial charge in [0.15, 0.2) is 0 Å². The first kappa shape index (κ1) is 13.1. The van der Waals surface area contributed by atoms with E-state index < -0.39 is 11.0 Å². The highest BCUT2D eigenvalue weighted by Gasteiger charge is 2.25. The number of rotatable bonds is 3. The Hall–Kier alpha value is -2.38. The van der Waals surface area contributed by atoms with Crippen molar-refractivity contribution in [3.05, 3.63) is 28.4 Å². The molecule has 1 aliphatic heterocycles. The molecule has 1 amide bonds. The number of carbonyl (C=O) groups is 1. The number of nitro groups is 1. The van der Waals surface area contributed by atoms with Crippen molar-refractivity contribution in [3.63, 3.8) is 0 Å². The molecule has 0 spiro atoms. The molecule has 0 aromatic carbocycles. The van der Waals surface area contributed by atoms with Crippen LogP contribution in [0.25, 0.3) is 0 Å². The van der Waals surface area contributed by atoms with Crippen molar-refractivity contribution in [2.24, 2.45) is 0 Å². The number of methoxy groups -OCH3 is 1. The van der Waals surface area contributed by atoms with E-state index in [1.165, 1.54) is 19.4 Å². The van der Waals surface area contributed by atoms with Crippen molar-refractivity contribution in [2.45, 2.75) is 12.5 Å². The Bertz CT molecular complexity index is 476. The van der Waals surface area contributed by atoms with Gasteiger partial charge in [-0.05, 0) is 12.5 Å². The van der Waals surface area contributed by atoms with Gasteiger partial charge in [0.25, 0.3) is 5.69 Å². The smallest absolute Gasteiger partial charge is 0.407 e. The number of pyridine rings is 1. The molecule has 0 radical (unpaired) electrons. The molecule has 2 rings (SSSR count). The van der Waals surface area contributed by atoms with E-state index in [4.69, 9.17) is 0 Å². The summed E-state index contributed by atoms with van der Waals surface area (Å²) in [6.07, 6.45) is 1.56. The number of hydrogen-bond acceptors (Lipinski definition) is 6. The second-order valence-electron chi connectivity index (χ2n) is 4.20. The molecule has 19 heavy (non-hydrogen) atoms. The maximum Gasteiger partial charge on any atom is 0.407 e. The Morgan fingerprint density at radius 2 is 2.42 bits per heavy atom. The van der Waals surface area contributed by atoms with Crippen LogP contribution in [0.2, 0.25) is 0 Å². The Morgan fingerprint density at radius 1 is 1.63 bits per heavy atom. The van der Waals surface area contributed by atoms with Crippen LogP contribution in [0.4, 0.5) is 16.3 Å². The number of nitrogens with one attached hydrogen (secondary N) is 1. The highest BCUT2D eigenvalue weighted by atomic mass is 16.6. The molecule has 1 unspecified atom stereocenters. The molecule has 0 aliphatic carbocycles. The minimum atomic E-state index is -0.484. The quantitative estimate of drug-likeness (QED) is 0.645. The maximum atomic E-state index is 11.1. The van der Waals surface area contributed by atoms with Crippen LogP contribution in [0.15, 0.2) is 18.3 Å². The molecule has 1 N–H and O–H groups in total. The molecule has 8 heteroatoms. The van der Waals surface area contributed by atoms with E-state index in [2.05, 4.69) is 15.0 Å². The molecule has 1 aromatic rings. The van der Waals surface area contributed by atoms with E-state index in [1.54, 1.807) is 6.07 Å². The van der Waals surface area contributed by atoms with Crippen molar-refractivity contribution in [3.8, 4) is 0 Å². The summed E-state index contributed by atoms with van der Waals surface area (Å²) in [7, 11) is 1.32. The lowest BCUT2D eigenvalue weighted by Gasteiger charge is -2.17. The lowest BCUT2D eigenvalue weighted by Crippen LogP contribution is -2.37. The van der Waals surface area contributed by atoms with Gasteiger partial charge in [-0.15, -0.1) is 0 Å². The third-order valence-electron chi connectivity index (χ3n) is 2.96. The molecule has 2 heterocycles. The normalized spacial score (nSPS) is 18.2. The van der Waals surface area contributed by atoms with Crippen LogP contribution in [0, 0.1) is 10.1 Å². The highest BCUT2D eigenvalue weighted by Crippen LogP contribution is 2.20. The fourth-order valence-electron chi connectivity index (χ4n) is 1.99. The molecule has 1 aliphatic rings. The topological polar surface area (TPSA) is 97.6 Å². The van der Waals surface area contributed by atoms with Crippen molar-refractivity contribution in [2.75, 3.05) is 25.1 Å². The number of ether oxygens (including phenoxy) is 1. The minimum Gasteiger partial charge on any atom is -0.453 e. The van der Waals surface area contributed by atoms with Gasteiger partial charge < -0.3 is 15.0 Å². The highest BCUT2D eigenvalue weighted by molar-refractivity contribution is 5.67. The first-order valence-electron chi connectivity index (χ1n) is 5.80. The molecule has 102 valence electrons. The van der Waals surface area contributed by atoms with Crippen LogP contribution in [0.3, 0.4) is 0 Å². The summed E-state index contributed by atoms with van der Waals surface area (Å²) in [5.74, 6) is 0.666. The molecule has 0 saturated carbocycles. The van der Waals surface area contributed by atoms with Gasteiger partial charge in [-0.25, -0.2) is 9.78 Å². The lowest BCUT2D eigenvalue weighted by molar-refractivity contribution is -0.385. The van der Waals surface area contributed by atoms with Gasteiger partial charge in [-0.2, -0.15) is 0 Å². The van der Waals surface area contributed by atoms with Gasteiger partial charge in [-0.3, -0.25) is 10.1 Å². The SMILES string of the molecule is COC(=O)NC1CCN(c2ccc([N+](=O)[O-])cn2)C1. The van der Waals surface area contributed by atoms with Crippen molar-refractivity contribution in [1.82, 2.24) is 10.3 Å². The average Bonchev–Trinajstić information content (AvgIpc) is 2.87. The van der Waals surface area contributed by atoms with Gasteiger partial charge in [-0.1, -0.05) is 0 Å². The minimum absolute atomic E-state index is 0.00411. The predicted molar refractivity (Wildman–Crippen MR) is 67.1 cm³/mol. The summed E-state index contributed by atoms with van der Waals surface area (Å²) in [5, 5.41) is 13.2. The van der Waals surface area contributed by atoms with E-state index in [9.17, 15) is 14.9 Å². The van der Waals surface area contributed by atoms with Crippen LogP contribution in [0.1, 0.15) is 6.42 Å². The summed E-state index contributed by atoms with van der Waals surface area (Å²) in [6.45, 7) is 1.35. The second kappa shape index (κ2) is 5.51. The molecule has 1 aromatic heterocycles. The zero-order chi connectivity index (χ0) is 13.8. The summed E-state index contributed by atoms with van der Waals surface area (Å²) in [6, 6.07) is 3.03. The van der Waals surface area contributed by atoms with Gasteiger partial charge in [0, 0.05) is 19.2 Å². The zero-order valence-electron chi connectivity index (χ0n) is 10.4. The number of anilines is 1. The molecule has 1 atom stereocenters. The number of alkyl carbamates (subject to hydrolysis) is 1.